The van der Waals surface area contributed by atoms with Gasteiger partial charge in [0.2, 0.25) is 5.88 Å². The molecule has 2 aromatic carbocycles. The third-order valence-corrected chi connectivity index (χ3v) is 8.07. The van der Waals surface area contributed by atoms with Gasteiger partial charge in [0.05, 0.1) is 53.1 Å². The van der Waals surface area contributed by atoms with Crippen molar-refractivity contribution in [2.24, 2.45) is 0 Å². The number of fused-ring (bicyclic) bond motifs is 1. The summed E-state index contributed by atoms with van der Waals surface area (Å²) >= 11 is 0. The molecule has 2 aromatic heterocycles. The number of halogens is 1. The van der Waals surface area contributed by atoms with Crippen molar-refractivity contribution in [3.8, 4) is 11.9 Å². The molecule has 1 unspecified atom stereocenters. The van der Waals surface area contributed by atoms with E-state index in [9.17, 15) is 14.3 Å². The molecule has 4 aromatic rings. The summed E-state index contributed by atoms with van der Waals surface area (Å²) in [5.41, 5.74) is 3.13. The number of carboxylic acids is 1. The summed E-state index contributed by atoms with van der Waals surface area (Å²) in [7, 11) is 0. The summed E-state index contributed by atoms with van der Waals surface area (Å²) in [4.78, 5) is 23.6. The van der Waals surface area contributed by atoms with Crippen molar-refractivity contribution in [1.82, 2.24) is 19.4 Å². The number of nitrogens with zero attached hydrogens (tertiary/aromatic N) is 5. The number of ether oxygens (including phenoxy) is 2. The first-order valence-electron chi connectivity index (χ1n) is 13.7. The maximum absolute atomic E-state index is 14.3. The van der Waals surface area contributed by atoms with Crippen LogP contribution in [-0.2, 0) is 29.8 Å². The summed E-state index contributed by atoms with van der Waals surface area (Å²) in [6.07, 6.45) is 1.97. The summed E-state index contributed by atoms with van der Waals surface area (Å²) in [6.45, 7) is 5.82. The SMILES string of the molecule is CC1(c2cccc(OCc3ccc(C#N)cc3F)n2)CCN(Cc2nc3ccc(C(=O)O)cc3n2C[C@@H]2CCO2)C1. The third kappa shape index (κ3) is 5.51. The van der Waals surface area contributed by atoms with Gasteiger partial charge in [-0.3, -0.25) is 4.90 Å². The van der Waals surface area contributed by atoms with Crippen molar-refractivity contribution in [2.45, 2.75) is 51.0 Å². The van der Waals surface area contributed by atoms with E-state index in [-0.39, 0.29) is 29.3 Å². The molecule has 2 fully saturated rings. The molecule has 4 heterocycles. The second-order valence-corrected chi connectivity index (χ2v) is 11.0. The molecule has 2 aliphatic rings. The third-order valence-electron chi connectivity index (χ3n) is 8.07. The Kier molecular flexibility index (Phi) is 7.15. The number of hydrogen-bond acceptors (Lipinski definition) is 7. The van der Waals surface area contributed by atoms with Crippen molar-refractivity contribution in [3.05, 3.63) is 88.6 Å². The predicted molar refractivity (Wildman–Crippen MR) is 148 cm³/mol. The second kappa shape index (κ2) is 10.9. The average Bonchev–Trinajstić information content (AvgIpc) is 3.49. The molecule has 0 amide bonds. The van der Waals surface area contributed by atoms with Gasteiger partial charge in [0, 0.05) is 30.2 Å². The van der Waals surface area contributed by atoms with Crippen LogP contribution in [0.5, 0.6) is 5.88 Å². The standard InChI is InChI=1S/C31H30FN5O4/c1-31(27-3-2-4-29(35-27)41-18-22-6-5-20(15-33)13-24(22)32)10-11-36(19-31)17-28-34-25-8-7-21(30(38)39)14-26(25)37(28)16-23-9-12-40-23/h2-8,13-14,23H,9-12,16-19H2,1H3,(H,38,39)/t23-,31?/m0/s1. The lowest BCUT2D eigenvalue weighted by Gasteiger charge is -2.28. The van der Waals surface area contributed by atoms with Crippen LogP contribution in [0.2, 0.25) is 0 Å². The van der Waals surface area contributed by atoms with Crippen LogP contribution in [-0.4, -0.2) is 56.3 Å². The largest absolute Gasteiger partial charge is 0.478 e. The number of pyridine rings is 1. The van der Waals surface area contributed by atoms with Crippen LogP contribution in [0.4, 0.5) is 4.39 Å². The topological polar surface area (TPSA) is 114 Å². The number of nitriles is 1. The van der Waals surface area contributed by atoms with Gasteiger partial charge in [0.1, 0.15) is 18.2 Å². The molecule has 0 saturated carbocycles. The number of imidazole rings is 1. The molecule has 1 N–H and O–H groups in total. The Hall–Kier alpha value is -4.33. The fraction of sp³-hybridized carbons (Fsp3) is 0.355. The van der Waals surface area contributed by atoms with E-state index >= 15 is 0 Å². The minimum Gasteiger partial charge on any atom is -0.478 e. The minimum absolute atomic E-state index is 0.0152. The highest BCUT2D eigenvalue weighted by Crippen LogP contribution is 2.35. The normalized spacial score (nSPS) is 20.6. The quantitative estimate of drug-likeness (QED) is 0.317. The Morgan fingerprint density at radius 3 is 2.83 bits per heavy atom. The molecule has 0 bridgehead atoms. The van der Waals surface area contributed by atoms with E-state index in [0.717, 1.165) is 55.1 Å². The van der Waals surface area contributed by atoms with Gasteiger partial charge >= 0.3 is 5.97 Å². The van der Waals surface area contributed by atoms with Gasteiger partial charge in [-0.15, -0.1) is 0 Å². The zero-order valence-corrected chi connectivity index (χ0v) is 22.7. The van der Waals surface area contributed by atoms with Crippen LogP contribution in [0.15, 0.2) is 54.6 Å². The average molecular weight is 556 g/mol. The van der Waals surface area contributed by atoms with Gasteiger partial charge in [-0.25, -0.2) is 19.2 Å². The molecule has 10 heteroatoms. The van der Waals surface area contributed by atoms with Gasteiger partial charge in [-0.2, -0.15) is 5.26 Å². The van der Waals surface area contributed by atoms with Crippen molar-refractivity contribution >= 4 is 17.0 Å². The fourth-order valence-corrected chi connectivity index (χ4v) is 5.58. The lowest BCUT2D eigenvalue weighted by Crippen LogP contribution is -2.33. The van der Waals surface area contributed by atoms with Gasteiger partial charge in [-0.05, 0) is 55.8 Å². The Morgan fingerprint density at radius 1 is 1.24 bits per heavy atom. The van der Waals surface area contributed by atoms with E-state index in [2.05, 4.69) is 16.4 Å². The molecule has 9 nitrogen and oxygen atoms in total. The van der Waals surface area contributed by atoms with Crippen LogP contribution in [0.1, 0.15) is 52.8 Å². The fourth-order valence-electron chi connectivity index (χ4n) is 5.58. The number of rotatable bonds is 9. The van der Waals surface area contributed by atoms with Gasteiger partial charge < -0.3 is 19.1 Å². The summed E-state index contributed by atoms with van der Waals surface area (Å²) in [5.74, 6) is -0.135. The molecule has 6 rings (SSSR count). The van der Waals surface area contributed by atoms with E-state index in [1.54, 1.807) is 36.4 Å². The molecule has 2 saturated heterocycles. The molecule has 41 heavy (non-hydrogen) atoms. The maximum Gasteiger partial charge on any atom is 0.335 e. The van der Waals surface area contributed by atoms with Crippen LogP contribution >= 0.6 is 0 Å². The summed E-state index contributed by atoms with van der Waals surface area (Å²) in [5, 5.41) is 18.5. The van der Waals surface area contributed by atoms with E-state index < -0.39 is 11.8 Å². The van der Waals surface area contributed by atoms with E-state index in [1.807, 2.05) is 18.2 Å². The molecule has 0 spiro atoms. The molecule has 0 radical (unpaired) electrons. The van der Waals surface area contributed by atoms with Gasteiger partial charge in [0.25, 0.3) is 0 Å². The van der Waals surface area contributed by atoms with Crippen molar-refractivity contribution in [1.29, 1.82) is 5.26 Å². The lowest BCUT2D eigenvalue weighted by molar-refractivity contribution is -0.0591. The highest BCUT2D eigenvalue weighted by molar-refractivity contribution is 5.92. The minimum atomic E-state index is -0.961. The molecule has 2 atom stereocenters. The summed E-state index contributed by atoms with van der Waals surface area (Å²) < 4.78 is 27.9. The van der Waals surface area contributed by atoms with E-state index in [4.69, 9.17) is 24.7 Å². The Morgan fingerprint density at radius 2 is 2.10 bits per heavy atom. The molecular formula is C31H30FN5O4. The van der Waals surface area contributed by atoms with Crippen LogP contribution in [0.3, 0.4) is 0 Å². The van der Waals surface area contributed by atoms with Crippen molar-refractivity contribution in [2.75, 3.05) is 19.7 Å². The maximum atomic E-state index is 14.3. The lowest BCUT2D eigenvalue weighted by atomic mass is 9.85. The highest BCUT2D eigenvalue weighted by atomic mass is 19.1. The van der Waals surface area contributed by atoms with Crippen molar-refractivity contribution < 1.29 is 23.8 Å². The van der Waals surface area contributed by atoms with Crippen molar-refractivity contribution in [3.63, 3.8) is 0 Å². The van der Waals surface area contributed by atoms with Crippen LogP contribution < -0.4 is 4.74 Å². The molecule has 2 aliphatic heterocycles. The number of likely N-dealkylation sites (tertiary alicyclic amines) is 1. The number of carbonyl (C=O) groups is 1. The smallest absolute Gasteiger partial charge is 0.335 e. The monoisotopic (exact) mass is 555 g/mol. The highest BCUT2D eigenvalue weighted by Gasteiger charge is 2.37. The Balaban J connectivity index is 1.18. The number of benzene rings is 2. The van der Waals surface area contributed by atoms with E-state index in [0.29, 0.717) is 24.5 Å². The van der Waals surface area contributed by atoms with Gasteiger partial charge in [0.15, 0.2) is 0 Å². The van der Waals surface area contributed by atoms with Crippen LogP contribution in [0, 0.1) is 17.1 Å². The first-order valence-corrected chi connectivity index (χ1v) is 13.7. The van der Waals surface area contributed by atoms with Crippen LogP contribution in [0.25, 0.3) is 11.0 Å². The number of aromatic carboxylic acids is 1. The molecule has 0 aliphatic carbocycles. The zero-order chi connectivity index (χ0) is 28.6. The summed E-state index contributed by atoms with van der Waals surface area (Å²) in [6, 6.07) is 17.0. The first-order chi connectivity index (χ1) is 19.8. The Labute approximate surface area is 236 Å². The Bertz CT molecular complexity index is 1660. The number of hydrogen-bond donors (Lipinski definition) is 1. The first kappa shape index (κ1) is 26.9. The second-order valence-electron chi connectivity index (χ2n) is 11.0. The zero-order valence-electron chi connectivity index (χ0n) is 22.7. The van der Waals surface area contributed by atoms with Gasteiger partial charge in [-0.1, -0.05) is 19.1 Å². The number of aromatic nitrogens is 3. The predicted octanol–water partition coefficient (Wildman–Crippen LogP) is 4.67. The van der Waals surface area contributed by atoms with E-state index in [1.165, 1.54) is 6.07 Å². The number of carboxylic acid groups (broad SMARTS) is 1. The molecule has 210 valence electrons. The molecular weight excluding hydrogens is 525 g/mol.